The van der Waals surface area contributed by atoms with Crippen LogP contribution in [0.3, 0.4) is 0 Å². The maximum atomic E-state index is 12.5. The van der Waals surface area contributed by atoms with E-state index in [4.69, 9.17) is 18.9 Å². The zero-order chi connectivity index (χ0) is 30.1. The van der Waals surface area contributed by atoms with Crippen LogP contribution in [-0.4, -0.2) is 25.5 Å². The normalized spacial score (nSPS) is 16.2. The number of carbonyl (C=O) groups excluding carboxylic acids is 2. The second-order valence-electron chi connectivity index (χ2n) is 14.0. The molecule has 0 saturated heterocycles. The molecule has 1 unspecified atom stereocenters. The van der Waals surface area contributed by atoms with Crippen LogP contribution in [0.4, 0.5) is 0 Å². The molecule has 0 aromatic heterocycles. The summed E-state index contributed by atoms with van der Waals surface area (Å²) in [6.45, 7) is 19.4. The molecule has 226 valence electrons. The van der Waals surface area contributed by atoms with E-state index in [1.807, 2.05) is 41.5 Å². The van der Waals surface area contributed by atoms with Crippen molar-refractivity contribution in [3.63, 3.8) is 0 Å². The van der Waals surface area contributed by atoms with E-state index in [-0.39, 0.29) is 36.9 Å². The molecule has 0 radical (unpaired) electrons. The van der Waals surface area contributed by atoms with Crippen LogP contribution in [0.15, 0.2) is 23.8 Å². The largest absolute Gasteiger partial charge is 0.457 e. The predicted molar refractivity (Wildman–Crippen MR) is 161 cm³/mol. The summed E-state index contributed by atoms with van der Waals surface area (Å²) >= 11 is 0. The first-order valence-corrected chi connectivity index (χ1v) is 15.0. The third-order valence-electron chi connectivity index (χ3n) is 7.52. The van der Waals surface area contributed by atoms with Crippen molar-refractivity contribution in [3.05, 3.63) is 34.9 Å². The van der Waals surface area contributed by atoms with Gasteiger partial charge >= 0.3 is 11.9 Å². The highest BCUT2D eigenvalue weighted by molar-refractivity contribution is 5.75. The minimum Gasteiger partial charge on any atom is -0.457 e. The van der Waals surface area contributed by atoms with Crippen LogP contribution in [0.2, 0.25) is 0 Å². The predicted octanol–water partition coefficient (Wildman–Crippen LogP) is 9.00. The Hall–Kier alpha value is -2.50. The van der Waals surface area contributed by atoms with Crippen LogP contribution in [0.5, 0.6) is 11.5 Å². The smallest absolute Gasteiger partial charge is 0.314 e. The first-order chi connectivity index (χ1) is 18.6. The van der Waals surface area contributed by atoms with Crippen molar-refractivity contribution in [2.45, 2.75) is 132 Å². The summed E-state index contributed by atoms with van der Waals surface area (Å²) in [6.07, 6.45) is 11.1. The number of hydrogen-bond donors (Lipinski definition) is 0. The van der Waals surface area contributed by atoms with E-state index in [1.165, 1.54) is 24.8 Å². The Morgan fingerprint density at radius 1 is 0.825 bits per heavy atom. The third kappa shape index (κ3) is 10.2. The van der Waals surface area contributed by atoms with Crippen LogP contribution < -0.4 is 9.47 Å². The van der Waals surface area contributed by atoms with Gasteiger partial charge in [-0.15, -0.1) is 0 Å². The number of carbonyl (C=O) groups is 2. The lowest BCUT2D eigenvalue weighted by Gasteiger charge is -2.30. The molecule has 40 heavy (non-hydrogen) atoms. The maximum Gasteiger partial charge on any atom is 0.314 e. The standard InChI is InChI=1S/C34H54O6/c1-11-12-13-14-18-34(9,10)26-20-27(37-22-39-30(35)32(3,4)5)29(25-17-15-16-24(2)19-25)28(21-26)38-23-40-31(36)33(6,7)8/h19-21,25H,11-18,22-23H2,1-10H3. The number of ether oxygens (including phenoxy) is 4. The molecule has 0 spiro atoms. The highest BCUT2D eigenvalue weighted by atomic mass is 16.7. The molecule has 6 nitrogen and oxygen atoms in total. The molecule has 0 heterocycles. The summed E-state index contributed by atoms with van der Waals surface area (Å²) < 4.78 is 23.5. The van der Waals surface area contributed by atoms with Crippen LogP contribution in [0.1, 0.15) is 138 Å². The van der Waals surface area contributed by atoms with Crippen molar-refractivity contribution >= 4 is 11.9 Å². The molecule has 0 saturated carbocycles. The molecular weight excluding hydrogens is 504 g/mol. The second-order valence-corrected chi connectivity index (χ2v) is 14.0. The minimum absolute atomic E-state index is 0.0806. The molecule has 1 aliphatic rings. The molecule has 0 aliphatic heterocycles. The van der Waals surface area contributed by atoms with Crippen molar-refractivity contribution in [2.24, 2.45) is 10.8 Å². The highest BCUT2D eigenvalue weighted by Gasteiger charge is 2.30. The fourth-order valence-electron chi connectivity index (χ4n) is 4.80. The van der Waals surface area contributed by atoms with Gasteiger partial charge in [-0.2, -0.15) is 0 Å². The van der Waals surface area contributed by atoms with Gasteiger partial charge in [-0.3, -0.25) is 9.59 Å². The average molecular weight is 559 g/mol. The topological polar surface area (TPSA) is 71.1 Å². The van der Waals surface area contributed by atoms with Crippen molar-refractivity contribution in [1.82, 2.24) is 0 Å². The molecule has 0 amide bonds. The minimum atomic E-state index is -0.622. The number of unbranched alkanes of at least 4 members (excludes halogenated alkanes) is 3. The molecular formula is C34H54O6. The Bertz CT molecular complexity index is 969. The lowest BCUT2D eigenvalue weighted by Crippen LogP contribution is -2.26. The van der Waals surface area contributed by atoms with E-state index in [9.17, 15) is 9.59 Å². The van der Waals surface area contributed by atoms with Gasteiger partial charge in [0.1, 0.15) is 11.5 Å². The van der Waals surface area contributed by atoms with Crippen LogP contribution in [-0.2, 0) is 24.5 Å². The Morgan fingerprint density at radius 2 is 1.35 bits per heavy atom. The number of hydrogen-bond acceptors (Lipinski definition) is 6. The van der Waals surface area contributed by atoms with E-state index in [2.05, 4.69) is 45.9 Å². The maximum absolute atomic E-state index is 12.5. The van der Waals surface area contributed by atoms with Crippen LogP contribution >= 0.6 is 0 Å². The van der Waals surface area contributed by atoms with E-state index >= 15 is 0 Å². The Kier molecular flexibility index (Phi) is 12.1. The van der Waals surface area contributed by atoms with Crippen molar-refractivity contribution in [1.29, 1.82) is 0 Å². The Balaban J connectivity index is 2.51. The Labute approximate surface area is 243 Å². The average Bonchev–Trinajstić information content (AvgIpc) is 2.85. The van der Waals surface area contributed by atoms with E-state index in [1.54, 1.807) is 0 Å². The molecule has 1 aromatic rings. The fraction of sp³-hybridized carbons (Fsp3) is 0.706. The van der Waals surface area contributed by atoms with Crippen molar-refractivity contribution in [2.75, 3.05) is 13.6 Å². The highest BCUT2D eigenvalue weighted by Crippen LogP contribution is 2.45. The zero-order valence-corrected chi connectivity index (χ0v) is 26.8. The number of benzene rings is 1. The summed E-state index contributed by atoms with van der Waals surface area (Å²) in [4.78, 5) is 24.9. The SMILES string of the molecule is CCCCCCC(C)(C)c1cc(OCOC(=O)C(C)(C)C)c(C2C=C(C)CCC2)c(OCOC(=O)C(C)(C)C)c1. The summed E-state index contributed by atoms with van der Waals surface area (Å²) in [5, 5.41) is 0. The lowest BCUT2D eigenvalue weighted by atomic mass is 9.77. The van der Waals surface area contributed by atoms with Gasteiger partial charge in [0.15, 0.2) is 0 Å². The van der Waals surface area contributed by atoms with Crippen LogP contribution in [0, 0.1) is 10.8 Å². The van der Waals surface area contributed by atoms with Crippen molar-refractivity contribution in [3.8, 4) is 11.5 Å². The van der Waals surface area contributed by atoms with E-state index in [0.717, 1.165) is 43.2 Å². The molecule has 1 atom stereocenters. The summed E-state index contributed by atoms with van der Waals surface area (Å²) in [7, 11) is 0. The quantitative estimate of drug-likeness (QED) is 0.104. The van der Waals surface area contributed by atoms with E-state index < -0.39 is 10.8 Å². The van der Waals surface area contributed by atoms with Gasteiger partial charge in [-0.25, -0.2) is 0 Å². The monoisotopic (exact) mass is 558 g/mol. The summed E-state index contributed by atoms with van der Waals surface area (Å²) in [5.41, 5.74) is 1.94. The zero-order valence-electron chi connectivity index (χ0n) is 26.8. The van der Waals surface area contributed by atoms with Crippen LogP contribution in [0.25, 0.3) is 0 Å². The molecule has 1 aliphatic carbocycles. The fourth-order valence-corrected chi connectivity index (χ4v) is 4.80. The number of esters is 2. The van der Waals surface area contributed by atoms with E-state index in [0.29, 0.717) is 11.5 Å². The Morgan fingerprint density at radius 3 is 1.80 bits per heavy atom. The van der Waals surface area contributed by atoms with Gasteiger partial charge in [0.05, 0.1) is 10.8 Å². The molecule has 2 rings (SSSR count). The van der Waals surface area contributed by atoms with Gasteiger partial charge in [0.25, 0.3) is 0 Å². The van der Waals surface area contributed by atoms with Gasteiger partial charge in [0, 0.05) is 11.5 Å². The van der Waals surface area contributed by atoms with Gasteiger partial charge in [-0.1, -0.05) is 58.1 Å². The van der Waals surface area contributed by atoms with Crippen molar-refractivity contribution < 1.29 is 28.5 Å². The lowest BCUT2D eigenvalue weighted by molar-refractivity contribution is -0.160. The molecule has 1 aromatic carbocycles. The van der Waals surface area contributed by atoms with Gasteiger partial charge in [-0.05, 0) is 97.3 Å². The third-order valence-corrected chi connectivity index (χ3v) is 7.52. The molecule has 0 bridgehead atoms. The molecule has 0 fully saturated rings. The van der Waals surface area contributed by atoms with Gasteiger partial charge in [0.2, 0.25) is 13.6 Å². The van der Waals surface area contributed by atoms with Gasteiger partial charge < -0.3 is 18.9 Å². The second kappa shape index (κ2) is 14.4. The summed E-state index contributed by atoms with van der Waals surface area (Å²) in [6, 6.07) is 4.18. The molecule has 0 N–H and O–H groups in total. The first-order valence-electron chi connectivity index (χ1n) is 15.0. The molecule has 6 heteroatoms. The number of rotatable bonds is 13. The first kappa shape index (κ1) is 33.7. The summed E-state index contributed by atoms with van der Waals surface area (Å²) in [5.74, 6) is 0.737. The number of allylic oxidation sites excluding steroid dienone is 2.